The van der Waals surface area contributed by atoms with Gasteiger partial charge >= 0.3 is 6.09 Å². The van der Waals surface area contributed by atoms with Gasteiger partial charge in [0.2, 0.25) is 5.91 Å². The van der Waals surface area contributed by atoms with E-state index >= 15 is 0 Å². The fourth-order valence-electron chi connectivity index (χ4n) is 3.88. The highest BCUT2D eigenvalue weighted by molar-refractivity contribution is 5.81. The lowest BCUT2D eigenvalue weighted by atomic mass is 10.1. The number of hydrogen-bond donors (Lipinski definition) is 1. The summed E-state index contributed by atoms with van der Waals surface area (Å²) >= 11 is 0. The van der Waals surface area contributed by atoms with Crippen molar-refractivity contribution in [1.82, 2.24) is 14.7 Å². The van der Waals surface area contributed by atoms with Crippen LogP contribution in [0.2, 0.25) is 0 Å². The van der Waals surface area contributed by atoms with Gasteiger partial charge in [-0.05, 0) is 57.9 Å². The number of ether oxygens (including phenoxy) is 2. The van der Waals surface area contributed by atoms with E-state index in [-0.39, 0.29) is 18.5 Å². The lowest BCUT2D eigenvalue weighted by Gasteiger charge is -2.48. The number of amides is 2. The number of rotatable bonds is 5. The molecule has 2 aliphatic rings. The monoisotopic (exact) mass is 432 g/mol. The van der Waals surface area contributed by atoms with Crippen LogP contribution in [0.5, 0.6) is 5.75 Å². The predicted molar refractivity (Wildman–Crippen MR) is 121 cm³/mol. The summed E-state index contributed by atoms with van der Waals surface area (Å²) in [6.45, 7) is 14.4. The van der Waals surface area contributed by atoms with E-state index in [1.54, 1.807) is 12.0 Å². The van der Waals surface area contributed by atoms with Crippen LogP contribution >= 0.6 is 0 Å². The maximum absolute atomic E-state index is 12.7. The number of nitrogens with zero attached hydrogens (tertiary/aromatic N) is 3. The topological polar surface area (TPSA) is 74.4 Å². The molecule has 0 saturated carbocycles. The van der Waals surface area contributed by atoms with Crippen molar-refractivity contribution in [2.75, 3.05) is 58.2 Å². The van der Waals surface area contributed by atoms with Gasteiger partial charge in [-0.3, -0.25) is 9.69 Å². The van der Waals surface area contributed by atoms with Crippen molar-refractivity contribution in [2.24, 2.45) is 0 Å². The highest BCUT2D eigenvalue weighted by Gasteiger charge is 2.38. The first-order valence-corrected chi connectivity index (χ1v) is 11.0. The molecule has 0 spiro atoms. The van der Waals surface area contributed by atoms with Crippen molar-refractivity contribution < 1.29 is 19.1 Å². The highest BCUT2D eigenvalue weighted by Crippen LogP contribution is 2.28. The highest BCUT2D eigenvalue weighted by atomic mass is 16.6. The minimum Gasteiger partial charge on any atom is -0.495 e. The number of hydrogen-bond acceptors (Lipinski definition) is 6. The zero-order chi connectivity index (χ0) is 22.8. The second-order valence-electron chi connectivity index (χ2n) is 9.45. The van der Waals surface area contributed by atoms with Crippen LogP contribution < -0.4 is 10.1 Å². The van der Waals surface area contributed by atoms with Crippen LogP contribution in [0.1, 0.15) is 31.9 Å². The molecule has 2 amide bonds. The van der Waals surface area contributed by atoms with Gasteiger partial charge in [0.05, 0.1) is 19.3 Å². The molecule has 0 aliphatic carbocycles. The third-order valence-electron chi connectivity index (χ3n) is 5.94. The van der Waals surface area contributed by atoms with Gasteiger partial charge in [-0.15, -0.1) is 0 Å². The first-order chi connectivity index (χ1) is 14.6. The summed E-state index contributed by atoms with van der Waals surface area (Å²) < 4.78 is 10.9. The number of nitrogens with one attached hydrogen (secondary N) is 1. The first-order valence-electron chi connectivity index (χ1n) is 11.0. The Bertz CT molecular complexity index is 807. The molecular formula is C23H36N4O4. The molecule has 8 nitrogen and oxygen atoms in total. The number of carbonyl (C=O) groups is 2. The molecule has 8 heteroatoms. The molecule has 0 radical (unpaired) electrons. The molecule has 31 heavy (non-hydrogen) atoms. The van der Waals surface area contributed by atoms with Gasteiger partial charge in [0.1, 0.15) is 11.4 Å². The van der Waals surface area contributed by atoms with Gasteiger partial charge < -0.3 is 24.6 Å². The van der Waals surface area contributed by atoms with Gasteiger partial charge in [0.25, 0.3) is 0 Å². The van der Waals surface area contributed by atoms with Gasteiger partial charge in [0, 0.05) is 45.3 Å². The van der Waals surface area contributed by atoms with Crippen LogP contribution in [-0.4, -0.2) is 91.3 Å². The fourth-order valence-corrected chi connectivity index (χ4v) is 3.88. The van der Waals surface area contributed by atoms with Crippen LogP contribution in [0.3, 0.4) is 0 Å². The van der Waals surface area contributed by atoms with E-state index in [0.29, 0.717) is 32.2 Å². The van der Waals surface area contributed by atoms with Crippen molar-refractivity contribution in [3.63, 3.8) is 0 Å². The number of likely N-dealkylation sites (tertiary alicyclic amines) is 1. The summed E-state index contributed by atoms with van der Waals surface area (Å²) in [6, 6.07) is 4.36. The quantitative estimate of drug-likeness (QED) is 0.771. The van der Waals surface area contributed by atoms with Gasteiger partial charge in [-0.1, -0.05) is 0 Å². The molecule has 0 unspecified atom stereocenters. The number of anilines is 1. The van der Waals surface area contributed by atoms with Gasteiger partial charge in [-0.2, -0.15) is 0 Å². The van der Waals surface area contributed by atoms with E-state index in [9.17, 15) is 9.59 Å². The maximum atomic E-state index is 12.7. The molecule has 2 heterocycles. The minimum atomic E-state index is -0.469. The lowest BCUT2D eigenvalue weighted by molar-refractivity contribution is -0.131. The first kappa shape index (κ1) is 23.2. The zero-order valence-electron chi connectivity index (χ0n) is 19.7. The number of carbonyl (C=O) groups excluding carboxylic acids is 2. The Morgan fingerprint density at radius 2 is 1.65 bits per heavy atom. The second kappa shape index (κ2) is 9.34. The standard InChI is InChI=1S/C23H36N4O4/c1-16-11-19(20(30-6)12-17(16)2)24-13-21(28)26-9-7-25(8-10-26)18-14-27(15-18)22(29)31-23(3,4)5/h11-12,18,24H,7-10,13-15H2,1-6H3. The van der Waals surface area contributed by atoms with E-state index in [0.717, 1.165) is 35.7 Å². The van der Waals surface area contributed by atoms with Crippen molar-refractivity contribution in [1.29, 1.82) is 0 Å². The number of benzene rings is 1. The number of aryl methyl sites for hydroxylation is 2. The molecule has 1 aromatic rings. The molecule has 2 saturated heterocycles. The van der Waals surface area contributed by atoms with E-state index in [1.165, 1.54) is 0 Å². The van der Waals surface area contributed by atoms with E-state index < -0.39 is 5.60 Å². The Balaban J connectivity index is 1.42. The zero-order valence-corrected chi connectivity index (χ0v) is 19.7. The van der Waals surface area contributed by atoms with Crippen LogP contribution in [0.4, 0.5) is 10.5 Å². The van der Waals surface area contributed by atoms with Crippen LogP contribution in [0, 0.1) is 13.8 Å². The summed E-state index contributed by atoms with van der Waals surface area (Å²) in [5.41, 5.74) is 2.69. The molecule has 0 atom stereocenters. The van der Waals surface area contributed by atoms with Crippen molar-refractivity contribution >= 4 is 17.7 Å². The van der Waals surface area contributed by atoms with E-state index in [1.807, 2.05) is 51.7 Å². The maximum Gasteiger partial charge on any atom is 0.410 e. The Kier molecular flexibility index (Phi) is 6.99. The average Bonchev–Trinajstić information content (AvgIpc) is 2.66. The second-order valence-corrected chi connectivity index (χ2v) is 9.45. The predicted octanol–water partition coefficient (Wildman–Crippen LogP) is 2.49. The van der Waals surface area contributed by atoms with E-state index in [4.69, 9.17) is 9.47 Å². The van der Waals surface area contributed by atoms with Crippen molar-refractivity contribution in [2.45, 2.75) is 46.3 Å². The molecule has 2 aliphatic heterocycles. The molecule has 2 fully saturated rings. The Morgan fingerprint density at radius 3 is 2.23 bits per heavy atom. The largest absolute Gasteiger partial charge is 0.495 e. The summed E-state index contributed by atoms with van der Waals surface area (Å²) in [4.78, 5) is 30.8. The summed E-state index contributed by atoms with van der Waals surface area (Å²) in [5, 5.41) is 3.23. The Morgan fingerprint density at radius 1 is 1.03 bits per heavy atom. The van der Waals surface area contributed by atoms with Crippen LogP contribution in [-0.2, 0) is 9.53 Å². The number of methoxy groups -OCH3 is 1. The average molecular weight is 433 g/mol. The van der Waals surface area contributed by atoms with Crippen LogP contribution in [0.15, 0.2) is 12.1 Å². The molecule has 0 aromatic heterocycles. The Hall–Kier alpha value is -2.48. The smallest absolute Gasteiger partial charge is 0.410 e. The molecule has 172 valence electrons. The van der Waals surface area contributed by atoms with Crippen molar-refractivity contribution in [3.8, 4) is 5.75 Å². The van der Waals surface area contributed by atoms with Crippen LogP contribution in [0.25, 0.3) is 0 Å². The summed E-state index contributed by atoms with van der Waals surface area (Å²) in [7, 11) is 1.64. The summed E-state index contributed by atoms with van der Waals surface area (Å²) in [6.07, 6.45) is -0.245. The number of piperazine rings is 1. The van der Waals surface area contributed by atoms with Gasteiger partial charge in [-0.25, -0.2) is 4.79 Å². The summed E-state index contributed by atoms with van der Waals surface area (Å²) in [5.74, 6) is 0.837. The van der Waals surface area contributed by atoms with E-state index in [2.05, 4.69) is 10.2 Å². The molecule has 1 aromatic carbocycles. The van der Waals surface area contributed by atoms with Gasteiger partial charge in [0.15, 0.2) is 0 Å². The third kappa shape index (κ3) is 5.81. The minimum absolute atomic E-state index is 0.0870. The lowest BCUT2D eigenvalue weighted by Crippen LogP contribution is -2.65. The molecular weight excluding hydrogens is 396 g/mol. The molecule has 1 N–H and O–H groups in total. The van der Waals surface area contributed by atoms with Crippen molar-refractivity contribution in [3.05, 3.63) is 23.3 Å². The normalized spacial score (nSPS) is 17.9. The third-order valence-corrected chi connectivity index (χ3v) is 5.94. The SMILES string of the molecule is COc1cc(C)c(C)cc1NCC(=O)N1CCN(C2CN(C(=O)OC(C)(C)C)C2)CC1. The molecule has 0 bridgehead atoms. The fraction of sp³-hybridized carbons (Fsp3) is 0.652. The molecule has 3 rings (SSSR count). The Labute approximate surface area is 185 Å².